The minimum Gasteiger partial charge on any atom is -0.465 e. The molecule has 1 saturated heterocycles. The van der Waals surface area contributed by atoms with Gasteiger partial charge < -0.3 is 10.0 Å². The highest BCUT2D eigenvalue weighted by Crippen LogP contribution is 2.29. The summed E-state index contributed by atoms with van der Waals surface area (Å²) >= 11 is 0. The second-order valence-electron chi connectivity index (χ2n) is 5.19. The van der Waals surface area contributed by atoms with E-state index in [2.05, 4.69) is 4.98 Å². The van der Waals surface area contributed by atoms with Crippen LogP contribution in [0.5, 0.6) is 0 Å². The van der Waals surface area contributed by atoms with Crippen LogP contribution in [0.3, 0.4) is 0 Å². The number of anilines is 1. The number of piperazine rings is 1. The van der Waals surface area contributed by atoms with Crippen LogP contribution in [0.4, 0.5) is 23.7 Å². The molecule has 1 aliphatic rings. The van der Waals surface area contributed by atoms with Gasteiger partial charge in [0.05, 0.1) is 24.0 Å². The fraction of sp³-hybridized carbons (Fsp3) is 0.538. The lowest BCUT2D eigenvalue weighted by Gasteiger charge is -2.43. The zero-order chi connectivity index (χ0) is 15.8. The normalized spacial score (nSPS) is 23.3. The van der Waals surface area contributed by atoms with Gasteiger partial charge in [-0.15, -0.1) is 0 Å². The van der Waals surface area contributed by atoms with Crippen molar-refractivity contribution in [2.75, 3.05) is 18.0 Å². The number of amides is 1. The molecule has 1 aliphatic heterocycles. The summed E-state index contributed by atoms with van der Waals surface area (Å²) < 4.78 is 37.4. The number of hydrogen-bond donors (Lipinski definition) is 1. The fourth-order valence-electron chi connectivity index (χ4n) is 2.65. The van der Waals surface area contributed by atoms with Gasteiger partial charge in [-0.2, -0.15) is 13.2 Å². The number of pyridine rings is 1. The van der Waals surface area contributed by atoms with E-state index in [-0.39, 0.29) is 12.1 Å². The molecule has 8 heteroatoms. The van der Waals surface area contributed by atoms with Crippen molar-refractivity contribution < 1.29 is 23.1 Å². The van der Waals surface area contributed by atoms with Crippen LogP contribution >= 0.6 is 0 Å². The standard InChI is InChI=1S/C13H16F3N3O2/c1-8-6-18(7-9(2)19(8)12(20)21)10-3-4-11(17-5-10)13(14,15)16/h3-5,8-9H,6-7H2,1-2H3,(H,20,21)/t8-,9-/m1/s1. The van der Waals surface area contributed by atoms with Crippen molar-refractivity contribution in [1.29, 1.82) is 0 Å². The highest BCUT2D eigenvalue weighted by Gasteiger charge is 2.34. The molecule has 0 bridgehead atoms. The lowest BCUT2D eigenvalue weighted by atomic mass is 10.1. The highest BCUT2D eigenvalue weighted by molar-refractivity contribution is 5.66. The minimum absolute atomic E-state index is 0.242. The van der Waals surface area contributed by atoms with E-state index in [0.29, 0.717) is 18.8 Å². The van der Waals surface area contributed by atoms with Crippen molar-refractivity contribution in [1.82, 2.24) is 9.88 Å². The van der Waals surface area contributed by atoms with Crippen LogP contribution in [0, 0.1) is 0 Å². The summed E-state index contributed by atoms with van der Waals surface area (Å²) in [5, 5.41) is 9.13. The summed E-state index contributed by atoms with van der Waals surface area (Å²) in [5.41, 5.74) is -0.372. The van der Waals surface area contributed by atoms with Crippen molar-refractivity contribution in [3.05, 3.63) is 24.0 Å². The molecule has 1 aromatic rings. The third-order valence-electron chi connectivity index (χ3n) is 3.54. The Hall–Kier alpha value is -1.99. The Balaban J connectivity index is 2.15. The van der Waals surface area contributed by atoms with E-state index in [1.165, 1.54) is 17.2 Å². The fourth-order valence-corrected chi connectivity index (χ4v) is 2.65. The molecule has 2 heterocycles. The van der Waals surface area contributed by atoms with Gasteiger partial charge in [-0.05, 0) is 26.0 Å². The molecule has 1 fully saturated rings. The maximum Gasteiger partial charge on any atom is 0.433 e. The number of halogens is 3. The SMILES string of the molecule is C[C@@H]1CN(c2ccc(C(F)(F)F)nc2)C[C@@H](C)N1C(=O)O. The van der Waals surface area contributed by atoms with Crippen LogP contribution < -0.4 is 4.90 Å². The Morgan fingerprint density at radius 2 is 1.86 bits per heavy atom. The molecular formula is C13H16F3N3O2. The van der Waals surface area contributed by atoms with E-state index in [1.54, 1.807) is 13.8 Å². The predicted molar refractivity (Wildman–Crippen MR) is 70.2 cm³/mol. The maximum atomic E-state index is 12.5. The minimum atomic E-state index is -4.46. The highest BCUT2D eigenvalue weighted by atomic mass is 19.4. The average molecular weight is 303 g/mol. The van der Waals surface area contributed by atoms with E-state index in [1.807, 2.05) is 4.90 Å². The van der Waals surface area contributed by atoms with E-state index in [4.69, 9.17) is 5.11 Å². The summed E-state index contributed by atoms with van der Waals surface area (Å²) in [5.74, 6) is 0. The van der Waals surface area contributed by atoms with Crippen LogP contribution in [-0.4, -0.2) is 46.3 Å². The van der Waals surface area contributed by atoms with Gasteiger partial charge in [-0.3, -0.25) is 4.90 Å². The van der Waals surface area contributed by atoms with Crippen molar-refractivity contribution in [2.45, 2.75) is 32.1 Å². The number of hydrogen-bond acceptors (Lipinski definition) is 3. The summed E-state index contributed by atoms with van der Waals surface area (Å²) in [6.45, 7) is 4.38. The molecule has 1 amide bonds. The molecular weight excluding hydrogens is 287 g/mol. The first-order valence-corrected chi connectivity index (χ1v) is 6.49. The van der Waals surface area contributed by atoms with Gasteiger partial charge in [-0.25, -0.2) is 9.78 Å². The number of carboxylic acid groups (broad SMARTS) is 1. The quantitative estimate of drug-likeness (QED) is 0.866. The zero-order valence-corrected chi connectivity index (χ0v) is 11.6. The third-order valence-corrected chi connectivity index (χ3v) is 3.54. The summed E-state index contributed by atoms with van der Waals surface area (Å²) in [6.07, 6.45) is -4.26. The molecule has 0 aliphatic carbocycles. The van der Waals surface area contributed by atoms with Crippen molar-refractivity contribution in [2.24, 2.45) is 0 Å². The first-order chi connectivity index (χ1) is 9.70. The van der Waals surface area contributed by atoms with Gasteiger partial charge in [0, 0.05) is 13.1 Å². The van der Waals surface area contributed by atoms with Crippen molar-refractivity contribution >= 4 is 11.8 Å². The molecule has 0 aromatic carbocycles. The van der Waals surface area contributed by atoms with Crippen LogP contribution in [0.2, 0.25) is 0 Å². The van der Waals surface area contributed by atoms with Crippen LogP contribution in [0.1, 0.15) is 19.5 Å². The molecule has 2 rings (SSSR count). The maximum absolute atomic E-state index is 12.5. The van der Waals surface area contributed by atoms with E-state index in [9.17, 15) is 18.0 Å². The number of aromatic nitrogens is 1. The lowest BCUT2D eigenvalue weighted by Crippen LogP contribution is -2.58. The molecule has 1 aromatic heterocycles. The summed E-state index contributed by atoms with van der Waals surface area (Å²) in [7, 11) is 0. The zero-order valence-electron chi connectivity index (χ0n) is 11.6. The Bertz CT molecular complexity index is 506. The topological polar surface area (TPSA) is 56.7 Å². The Kier molecular flexibility index (Phi) is 3.97. The number of alkyl halides is 3. The second kappa shape index (κ2) is 5.42. The third kappa shape index (κ3) is 3.20. The van der Waals surface area contributed by atoms with Gasteiger partial charge in [-0.1, -0.05) is 0 Å². The van der Waals surface area contributed by atoms with Crippen LogP contribution in [-0.2, 0) is 6.18 Å². The second-order valence-corrected chi connectivity index (χ2v) is 5.19. The van der Waals surface area contributed by atoms with Crippen LogP contribution in [0.15, 0.2) is 18.3 Å². The van der Waals surface area contributed by atoms with Crippen LogP contribution in [0.25, 0.3) is 0 Å². The van der Waals surface area contributed by atoms with Gasteiger partial charge in [0.15, 0.2) is 0 Å². The molecule has 1 N–H and O–H groups in total. The smallest absolute Gasteiger partial charge is 0.433 e. The number of nitrogens with zero attached hydrogens (tertiary/aromatic N) is 3. The Labute approximate surface area is 120 Å². The first-order valence-electron chi connectivity index (χ1n) is 6.49. The molecule has 116 valence electrons. The Morgan fingerprint density at radius 1 is 1.29 bits per heavy atom. The van der Waals surface area contributed by atoms with E-state index >= 15 is 0 Å². The van der Waals surface area contributed by atoms with Gasteiger partial charge in [0.1, 0.15) is 5.69 Å². The molecule has 2 atom stereocenters. The van der Waals surface area contributed by atoms with Crippen molar-refractivity contribution in [3.63, 3.8) is 0 Å². The molecule has 5 nitrogen and oxygen atoms in total. The van der Waals surface area contributed by atoms with Gasteiger partial charge >= 0.3 is 12.3 Å². The largest absolute Gasteiger partial charge is 0.465 e. The predicted octanol–water partition coefficient (Wildman–Crippen LogP) is 2.68. The summed E-state index contributed by atoms with van der Waals surface area (Å²) in [6, 6.07) is 1.82. The van der Waals surface area contributed by atoms with E-state index in [0.717, 1.165) is 6.07 Å². The van der Waals surface area contributed by atoms with Gasteiger partial charge in [0.2, 0.25) is 0 Å². The number of rotatable bonds is 1. The Morgan fingerprint density at radius 3 is 2.24 bits per heavy atom. The average Bonchev–Trinajstić information content (AvgIpc) is 2.36. The monoisotopic (exact) mass is 303 g/mol. The summed E-state index contributed by atoms with van der Waals surface area (Å²) in [4.78, 5) is 17.8. The van der Waals surface area contributed by atoms with Gasteiger partial charge in [0.25, 0.3) is 0 Å². The first kappa shape index (κ1) is 15.4. The van der Waals surface area contributed by atoms with E-state index < -0.39 is 18.0 Å². The lowest BCUT2D eigenvalue weighted by molar-refractivity contribution is -0.141. The molecule has 0 spiro atoms. The van der Waals surface area contributed by atoms with Crippen molar-refractivity contribution in [3.8, 4) is 0 Å². The molecule has 0 saturated carbocycles. The molecule has 21 heavy (non-hydrogen) atoms. The molecule has 0 radical (unpaired) electrons. The molecule has 0 unspecified atom stereocenters. The number of carbonyl (C=O) groups is 1.